The first-order valence-electron chi connectivity index (χ1n) is 8.33. The minimum absolute atomic E-state index is 0.151. The Labute approximate surface area is 166 Å². The van der Waals surface area contributed by atoms with Gasteiger partial charge >= 0.3 is 0 Å². The standard InChI is InChI=1S/C20H18ClN3O2S/c1-3-12-24-19(26)14-8-4-6-10-16(14)23-20(24)27-13(2)18(25)22-17-11-7-5-9-15(17)21/h3-11,13H,1,12H2,2H3,(H,22,25)/t13-/m0/s1. The fourth-order valence-corrected chi connectivity index (χ4v) is 3.64. The number of benzene rings is 2. The molecule has 27 heavy (non-hydrogen) atoms. The van der Waals surface area contributed by atoms with E-state index in [0.29, 0.717) is 33.3 Å². The number of hydrogen-bond acceptors (Lipinski definition) is 4. The Balaban J connectivity index is 1.89. The molecule has 2 aromatic carbocycles. The third-order valence-corrected chi connectivity index (χ3v) is 5.34. The molecule has 3 aromatic rings. The average molecular weight is 400 g/mol. The van der Waals surface area contributed by atoms with Crippen LogP contribution in [0.5, 0.6) is 0 Å². The predicted molar refractivity (Wildman–Crippen MR) is 112 cm³/mol. The molecule has 0 bridgehead atoms. The van der Waals surface area contributed by atoms with Crippen LogP contribution < -0.4 is 10.9 Å². The van der Waals surface area contributed by atoms with Crippen LogP contribution in [0.15, 0.2) is 71.1 Å². The number of carbonyl (C=O) groups excluding carboxylic acids is 1. The molecule has 0 saturated heterocycles. The van der Waals surface area contributed by atoms with Crippen molar-refractivity contribution in [2.75, 3.05) is 5.32 Å². The van der Waals surface area contributed by atoms with E-state index in [4.69, 9.17) is 11.6 Å². The minimum Gasteiger partial charge on any atom is -0.324 e. The molecule has 138 valence electrons. The third kappa shape index (κ3) is 4.23. The molecule has 0 spiro atoms. The van der Waals surface area contributed by atoms with E-state index in [1.807, 2.05) is 6.07 Å². The van der Waals surface area contributed by atoms with Gasteiger partial charge in [-0.3, -0.25) is 14.2 Å². The van der Waals surface area contributed by atoms with Crippen LogP contribution in [0.2, 0.25) is 5.02 Å². The van der Waals surface area contributed by atoms with Crippen molar-refractivity contribution < 1.29 is 4.79 Å². The van der Waals surface area contributed by atoms with Crippen molar-refractivity contribution in [2.24, 2.45) is 0 Å². The van der Waals surface area contributed by atoms with E-state index in [2.05, 4.69) is 16.9 Å². The number of halogens is 1. The Morgan fingerprint density at radius 3 is 2.74 bits per heavy atom. The van der Waals surface area contributed by atoms with Crippen LogP contribution >= 0.6 is 23.4 Å². The topological polar surface area (TPSA) is 64.0 Å². The van der Waals surface area contributed by atoms with Crippen molar-refractivity contribution >= 4 is 45.9 Å². The highest BCUT2D eigenvalue weighted by atomic mass is 35.5. The summed E-state index contributed by atoms with van der Waals surface area (Å²) in [6.45, 7) is 5.79. The SMILES string of the molecule is C=CCn1c(S[C@@H](C)C(=O)Nc2ccccc2Cl)nc2ccccc2c1=O. The van der Waals surface area contributed by atoms with Crippen LogP contribution in [0, 0.1) is 0 Å². The number of rotatable bonds is 6. The third-order valence-electron chi connectivity index (χ3n) is 3.92. The van der Waals surface area contributed by atoms with E-state index in [9.17, 15) is 9.59 Å². The van der Waals surface area contributed by atoms with Crippen molar-refractivity contribution in [2.45, 2.75) is 23.9 Å². The second-order valence-electron chi connectivity index (χ2n) is 5.85. The van der Waals surface area contributed by atoms with Gasteiger partial charge in [0.15, 0.2) is 5.16 Å². The number of hydrogen-bond donors (Lipinski definition) is 1. The lowest BCUT2D eigenvalue weighted by Gasteiger charge is -2.16. The molecule has 1 amide bonds. The van der Waals surface area contributed by atoms with Crippen molar-refractivity contribution in [1.29, 1.82) is 0 Å². The zero-order chi connectivity index (χ0) is 19.4. The first kappa shape index (κ1) is 19.2. The molecule has 0 saturated carbocycles. The Kier molecular flexibility index (Phi) is 5.98. The predicted octanol–water partition coefficient (Wildman–Crippen LogP) is 4.36. The Morgan fingerprint density at radius 1 is 1.30 bits per heavy atom. The van der Waals surface area contributed by atoms with E-state index in [-0.39, 0.29) is 11.5 Å². The summed E-state index contributed by atoms with van der Waals surface area (Å²) in [5, 5.41) is 3.80. The van der Waals surface area contributed by atoms with Gasteiger partial charge in [-0.2, -0.15) is 0 Å². The normalized spacial score (nSPS) is 11.9. The number of aromatic nitrogens is 2. The van der Waals surface area contributed by atoms with Gasteiger partial charge in [0.1, 0.15) is 0 Å². The van der Waals surface area contributed by atoms with Crippen molar-refractivity contribution in [3.63, 3.8) is 0 Å². The highest BCUT2D eigenvalue weighted by Crippen LogP contribution is 2.25. The van der Waals surface area contributed by atoms with Crippen LogP contribution in [0.3, 0.4) is 0 Å². The van der Waals surface area contributed by atoms with Crippen LogP contribution in [-0.4, -0.2) is 20.7 Å². The van der Waals surface area contributed by atoms with Gasteiger partial charge in [-0.05, 0) is 31.2 Å². The quantitative estimate of drug-likeness (QED) is 0.380. The van der Waals surface area contributed by atoms with Crippen molar-refractivity contribution in [3.8, 4) is 0 Å². The fourth-order valence-electron chi connectivity index (χ4n) is 2.54. The van der Waals surface area contributed by atoms with Gasteiger partial charge in [-0.1, -0.05) is 53.7 Å². The molecule has 5 nitrogen and oxygen atoms in total. The van der Waals surface area contributed by atoms with Crippen molar-refractivity contribution in [1.82, 2.24) is 9.55 Å². The molecular formula is C20H18ClN3O2S. The largest absolute Gasteiger partial charge is 0.324 e. The number of fused-ring (bicyclic) bond motifs is 1. The number of anilines is 1. The van der Waals surface area contributed by atoms with Crippen molar-refractivity contribution in [3.05, 3.63) is 76.6 Å². The lowest BCUT2D eigenvalue weighted by molar-refractivity contribution is -0.115. The summed E-state index contributed by atoms with van der Waals surface area (Å²) in [5.74, 6) is -0.222. The Hall–Kier alpha value is -2.57. The molecule has 0 fully saturated rings. The zero-order valence-electron chi connectivity index (χ0n) is 14.7. The number of nitrogens with one attached hydrogen (secondary N) is 1. The molecule has 1 heterocycles. The summed E-state index contributed by atoms with van der Waals surface area (Å²) in [6.07, 6.45) is 1.64. The van der Waals surface area contributed by atoms with Gasteiger partial charge < -0.3 is 5.32 Å². The lowest BCUT2D eigenvalue weighted by Crippen LogP contribution is -2.26. The van der Waals surface area contributed by atoms with E-state index >= 15 is 0 Å². The van der Waals surface area contributed by atoms with E-state index in [1.165, 1.54) is 16.3 Å². The summed E-state index contributed by atoms with van der Waals surface area (Å²) >= 11 is 7.32. The Bertz CT molecular complexity index is 1060. The Morgan fingerprint density at radius 2 is 2.00 bits per heavy atom. The maximum Gasteiger partial charge on any atom is 0.262 e. The summed E-state index contributed by atoms with van der Waals surface area (Å²) in [7, 11) is 0. The first-order chi connectivity index (χ1) is 13.0. The number of thioether (sulfide) groups is 1. The lowest BCUT2D eigenvalue weighted by atomic mass is 10.2. The van der Waals surface area contributed by atoms with Gasteiger partial charge in [0, 0.05) is 6.54 Å². The van der Waals surface area contributed by atoms with Crippen LogP contribution in [0.25, 0.3) is 10.9 Å². The smallest absolute Gasteiger partial charge is 0.262 e. The maximum absolute atomic E-state index is 12.8. The molecule has 0 aliphatic rings. The molecule has 0 aliphatic heterocycles. The van der Waals surface area contributed by atoms with E-state index in [0.717, 1.165) is 0 Å². The molecule has 0 aliphatic carbocycles. The van der Waals surface area contributed by atoms with Gasteiger partial charge in [0.25, 0.3) is 5.56 Å². The minimum atomic E-state index is -0.481. The number of nitrogens with zero attached hydrogens (tertiary/aromatic N) is 2. The molecule has 0 unspecified atom stereocenters. The molecule has 1 atom stereocenters. The van der Waals surface area contributed by atoms with Crippen LogP contribution in [0.4, 0.5) is 5.69 Å². The fraction of sp³-hybridized carbons (Fsp3) is 0.150. The molecular weight excluding hydrogens is 382 g/mol. The molecule has 0 radical (unpaired) electrons. The zero-order valence-corrected chi connectivity index (χ0v) is 16.3. The second kappa shape index (κ2) is 8.41. The van der Waals surface area contributed by atoms with Gasteiger partial charge in [0.2, 0.25) is 5.91 Å². The summed E-state index contributed by atoms with van der Waals surface area (Å²) in [5.41, 5.74) is 0.998. The number of carbonyl (C=O) groups is 1. The highest BCUT2D eigenvalue weighted by molar-refractivity contribution is 8.00. The molecule has 1 N–H and O–H groups in total. The summed E-state index contributed by atoms with van der Waals surface area (Å²) in [6, 6.07) is 14.2. The van der Waals surface area contributed by atoms with E-state index < -0.39 is 5.25 Å². The second-order valence-corrected chi connectivity index (χ2v) is 7.56. The maximum atomic E-state index is 12.8. The number of para-hydroxylation sites is 2. The monoisotopic (exact) mass is 399 g/mol. The number of allylic oxidation sites excluding steroid dienone is 1. The van der Waals surface area contributed by atoms with Crippen LogP contribution in [0.1, 0.15) is 6.92 Å². The van der Waals surface area contributed by atoms with Gasteiger partial charge in [-0.25, -0.2) is 4.98 Å². The molecule has 3 rings (SSSR count). The highest BCUT2D eigenvalue weighted by Gasteiger charge is 2.19. The molecule has 1 aromatic heterocycles. The number of amides is 1. The van der Waals surface area contributed by atoms with Gasteiger partial charge in [-0.15, -0.1) is 6.58 Å². The average Bonchev–Trinajstić information content (AvgIpc) is 2.66. The molecule has 7 heteroatoms. The first-order valence-corrected chi connectivity index (χ1v) is 9.59. The van der Waals surface area contributed by atoms with Crippen LogP contribution in [-0.2, 0) is 11.3 Å². The van der Waals surface area contributed by atoms with E-state index in [1.54, 1.807) is 55.5 Å². The summed E-state index contributed by atoms with van der Waals surface area (Å²) in [4.78, 5) is 29.9. The van der Waals surface area contributed by atoms with Gasteiger partial charge in [0.05, 0.1) is 26.9 Å². The summed E-state index contributed by atoms with van der Waals surface area (Å²) < 4.78 is 1.53.